The average molecular weight is 469 g/mol. The number of piperidine rings is 1. The summed E-state index contributed by atoms with van der Waals surface area (Å²) >= 11 is 7.50. The molecule has 2 aliphatic rings. The Morgan fingerprint density at radius 3 is 2.60 bits per heavy atom. The topological polar surface area (TPSA) is 73.8 Å². The monoisotopic (exact) mass is 468 g/mol. The van der Waals surface area contributed by atoms with Gasteiger partial charge in [0.15, 0.2) is 5.13 Å². The summed E-state index contributed by atoms with van der Waals surface area (Å²) in [7, 11) is -3.63. The van der Waals surface area contributed by atoms with Crippen LogP contribution >= 0.6 is 22.9 Å². The number of sulfonamides is 1. The molecule has 2 fully saturated rings. The molecular weight excluding hydrogens is 444 g/mol. The van der Waals surface area contributed by atoms with E-state index in [9.17, 15) is 13.2 Å². The summed E-state index contributed by atoms with van der Waals surface area (Å²) in [5, 5.41) is 3.44. The van der Waals surface area contributed by atoms with Crippen LogP contribution in [-0.2, 0) is 14.8 Å². The van der Waals surface area contributed by atoms with Crippen LogP contribution in [0.15, 0.2) is 40.7 Å². The summed E-state index contributed by atoms with van der Waals surface area (Å²) in [5.74, 6) is -0.237. The van der Waals surface area contributed by atoms with Gasteiger partial charge in [-0.3, -0.25) is 4.79 Å². The van der Waals surface area contributed by atoms with Gasteiger partial charge in [-0.25, -0.2) is 13.4 Å². The van der Waals surface area contributed by atoms with E-state index in [0.29, 0.717) is 31.1 Å². The van der Waals surface area contributed by atoms with E-state index in [1.807, 2.05) is 10.3 Å². The SMILES string of the molecule is O=C(C1CCCN(S(=O)(=O)c2ccc(Cl)cc2)C1)N1CCCN(c2nccs2)CC1. The van der Waals surface area contributed by atoms with Gasteiger partial charge in [-0.2, -0.15) is 4.31 Å². The lowest BCUT2D eigenvalue weighted by atomic mass is 9.98. The van der Waals surface area contributed by atoms with Crippen molar-refractivity contribution in [2.45, 2.75) is 24.2 Å². The van der Waals surface area contributed by atoms with E-state index in [1.165, 1.54) is 16.4 Å². The first-order chi connectivity index (χ1) is 14.4. The molecule has 0 spiro atoms. The minimum atomic E-state index is -3.63. The van der Waals surface area contributed by atoms with Crippen molar-refractivity contribution in [3.05, 3.63) is 40.9 Å². The summed E-state index contributed by atoms with van der Waals surface area (Å²) in [4.78, 5) is 21.9. The number of aromatic nitrogens is 1. The summed E-state index contributed by atoms with van der Waals surface area (Å²) < 4.78 is 27.5. The number of hydrogen-bond acceptors (Lipinski definition) is 6. The second-order valence-electron chi connectivity index (χ2n) is 7.64. The fourth-order valence-corrected chi connectivity index (χ4v) is 6.42. The van der Waals surface area contributed by atoms with Gasteiger partial charge in [-0.05, 0) is 43.5 Å². The standard InChI is InChI=1S/C20H25ClN4O3S2/c21-17-4-6-18(7-5-17)30(27,28)25-11-1-3-16(15-25)19(26)23-9-2-10-24(13-12-23)20-22-8-14-29-20/h4-8,14,16H,1-3,9-13,15H2. The lowest BCUT2D eigenvalue weighted by molar-refractivity contribution is -0.136. The predicted octanol–water partition coefficient (Wildman–Crippen LogP) is 2.94. The van der Waals surface area contributed by atoms with E-state index < -0.39 is 10.0 Å². The van der Waals surface area contributed by atoms with Gasteiger partial charge >= 0.3 is 0 Å². The smallest absolute Gasteiger partial charge is 0.243 e. The Kier molecular flexibility index (Phi) is 6.62. The van der Waals surface area contributed by atoms with E-state index >= 15 is 0 Å². The van der Waals surface area contributed by atoms with E-state index in [4.69, 9.17) is 11.6 Å². The number of thiazole rings is 1. The number of benzene rings is 1. The Morgan fingerprint density at radius 2 is 1.87 bits per heavy atom. The largest absolute Gasteiger partial charge is 0.346 e. The molecular formula is C20H25ClN4O3S2. The van der Waals surface area contributed by atoms with Gasteiger partial charge in [0.25, 0.3) is 0 Å². The van der Waals surface area contributed by atoms with Gasteiger partial charge in [-0.15, -0.1) is 11.3 Å². The van der Waals surface area contributed by atoms with Crippen LogP contribution in [0.5, 0.6) is 0 Å². The van der Waals surface area contributed by atoms with E-state index in [-0.39, 0.29) is 23.3 Å². The van der Waals surface area contributed by atoms with Crippen molar-refractivity contribution in [2.75, 3.05) is 44.2 Å². The summed E-state index contributed by atoms with van der Waals surface area (Å²) in [6.07, 6.45) is 4.08. The molecule has 0 aliphatic carbocycles. The van der Waals surface area contributed by atoms with Gasteiger partial charge in [0.05, 0.1) is 10.8 Å². The predicted molar refractivity (Wildman–Crippen MR) is 118 cm³/mol. The number of rotatable bonds is 4. The third-order valence-electron chi connectivity index (χ3n) is 5.68. The highest BCUT2D eigenvalue weighted by atomic mass is 35.5. The van der Waals surface area contributed by atoms with Gasteiger partial charge < -0.3 is 9.80 Å². The highest BCUT2D eigenvalue weighted by Gasteiger charge is 2.35. The van der Waals surface area contributed by atoms with E-state index in [2.05, 4.69) is 9.88 Å². The molecule has 7 nitrogen and oxygen atoms in total. The van der Waals surface area contributed by atoms with Crippen LogP contribution in [0.4, 0.5) is 5.13 Å². The molecule has 0 saturated carbocycles. The number of nitrogens with zero attached hydrogens (tertiary/aromatic N) is 4. The maximum absolute atomic E-state index is 13.2. The minimum Gasteiger partial charge on any atom is -0.346 e. The minimum absolute atomic E-state index is 0.0620. The molecule has 1 aromatic carbocycles. The molecule has 162 valence electrons. The second kappa shape index (κ2) is 9.21. The van der Waals surface area contributed by atoms with Crippen LogP contribution in [-0.4, -0.2) is 67.8 Å². The van der Waals surface area contributed by atoms with Crippen molar-refractivity contribution in [3.8, 4) is 0 Å². The molecule has 30 heavy (non-hydrogen) atoms. The fraction of sp³-hybridized carbons (Fsp3) is 0.500. The molecule has 10 heteroatoms. The molecule has 0 radical (unpaired) electrons. The maximum atomic E-state index is 13.2. The van der Waals surface area contributed by atoms with Gasteiger partial charge in [-0.1, -0.05) is 11.6 Å². The maximum Gasteiger partial charge on any atom is 0.243 e. The third kappa shape index (κ3) is 4.64. The zero-order valence-electron chi connectivity index (χ0n) is 16.6. The Balaban J connectivity index is 1.41. The first-order valence-corrected chi connectivity index (χ1v) is 12.8. The van der Waals surface area contributed by atoms with Crippen molar-refractivity contribution in [1.29, 1.82) is 0 Å². The number of carbonyl (C=O) groups excluding carboxylic acids is 1. The zero-order valence-corrected chi connectivity index (χ0v) is 19.0. The Labute approximate surface area is 186 Å². The quantitative estimate of drug-likeness (QED) is 0.689. The summed E-state index contributed by atoms with van der Waals surface area (Å²) in [6, 6.07) is 6.19. The van der Waals surface area contributed by atoms with Crippen LogP contribution < -0.4 is 4.90 Å². The Morgan fingerprint density at radius 1 is 1.07 bits per heavy atom. The molecule has 1 atom stereocenters. The fourth-order valence-electron chi connectivity index (χ4n) is 4.08. The number of anilines is 1. The molecule has 2 aromatic rings. The zero-order chi connectivity index (χ0) is 21.1. The number of amides is 1. The van der Waals surface area contributed by atoms with Crippen LogP contribution in [0.2, 0.25) is 5.02 Å². The van der Waals surface area contributed by atoms with E-state index in [1.54, 1.807) is 29.7 Å². The Bertz CT molecular complexity index is 966. The normalized spacial score (nSPS) is 21.4. The molecule has 1 amide bonds. The molecule has 0 N–H and O–H groups in total. The van der Waals surface area contributed by atoms with Crippen molar-refractivity contribution in [1.82, 2.24) is 14.2 Å². The average Bonchev–Trinajstić information content (AvgIpc) is 3.18. The molecule has 1 unspecified atom stereocenters. The molecule has 0 bridgehead atoms. The molecule has 2 saturated heterocycles. The highest BCUT2D eigenvalue weighted by molar-refractivity contribution is 7.89. The van der Waals surface area contributed by atoms with Crippen molar-refractivity contribution >= 4 is 44.0 Å². The number of carbonyl (C=O) groups is 1. The molecule has 2 aliphatic heterocycles. The second-order valence-corrected chi connectivity index (χ2v) is 10.9. The van der Waals surface area contributed by atoms with Crippen molar-refractivity contribution < 1.29 is 13.2 Å². The highest BCUT2D eigenvalue weighted by Crippen LogP contribution is 2.27. The lowest BCUT2D eigenvalue weighted by Gasteiger charge is -2.34. The molecule has 3 heterocycles. The first-order valence-electron chi connectivity index (χ1n) is 10.1. The van der Waals surface area contributed by atoms with Crippen molar-refractivity contribution in [3.63, 3.8) is 0 Å². The molecule has 4 rings (SSSR count). The number of halogens is 1. The van der Waals surface area contributed by atoms with E-state index in [0.717, 1.165) is 31.1 Å². The van der Waals surface area contributed by atoms with Gasteiger partial charge in [0.1, 0.15) is 0 Å². The van der Waals surface area contributed by atoms with Gasteiger partial charge in [0, 0.05) is 55.9 Å². The summed E-state index contributed by atoms with van der Waals surface area (Å²) in [6.45, 7) is 3.63. The van der Waals surface area contributed by atoms with Crippen LogP contribution in [0.1, 0.15) is 19.3 Å². The Hall–Kier alpha value is -1.68. The van der Waals surface area contributed by atoms with Crippen molar-refractivity contribution in [2.24, 2.45) is 5.92 Å². The molecule has 1 aromatic heterocycles. The van der Waals surface area contributed by atoms with Crippen LogP contribution in [0, 0.1) is 5.92 Å². The van der Waals surface area contributed by atoms with Crippen LogP contribution in [0.25, 0.3) is 0 Å². The van der Waals surface area contributed by atoms with Crippen LogP contribution in [0.3, 0.4) is 0 Å². The first kappa shape index (κ1) is 21.5. The van der Waals surface area contributed by atoms with Gasteiger partial charge in [0.2, 0.25) is 15.9 Å². The third-order valence-corrected chi connectivity index (χ3v) is 8.65. The summed E-state index contributed by atoms with van der Waals surface area (Å²) in [5.41, 5.74) is 0. The number of hydrogen-bond donors (Lipinski definition) is 0. The lowest BCUT2D eigenvalue weighted by Crippen LogP contribution is -2.47.